The van der Waals surface area contributed by atoms with Crippen molar-refractivity contribution >= 4 is 11.8 Å². The van der Waals surface area contributed by atoms with E-state index in [9.17, 15) is 9.59 Å². The van der Waals surface area contributed by atoms with Crippen LogP contribution < -0.4 is 5.32 Å². The Kier molecular flexibility index (Phi) is 2.82. The summed E-state index contributed by atoms with van der Waals surface area (Å²) in [6.07, 6.45) is 8.20. The number of carbonyl (C=O) groups is 2. The molecule has 3 unspecified atom stereocenters. The second-order valence-corrected chi connectivity index (χ2v) is 8.24. The summed E-state index contributed by atoms with van der Waals surface area (Å²) in [5.74, 6) is 0.185. The van der Waals surface area contributed by atoms with Crippen molar-refractivity contribution in [2.45, 2.75) is 70.4 Å². The van der Waals surface area contributed by atoms with Crippen molar-refractivity contribution in [3.63, 3.8) is 0 Å². The van der Waals surface area contributed by atoms with Gasteiger partial charge in [-0.15, -0.1) is 0 Å². The summed E-state index contributed by atoms with van der Waals surface area (Å²) in [6, 6.07) is 0.146. The number of likely N-dealkylation sites (tertiary alicyclic amines) is 1. The van der Waals surface area contributed by atoms with E-state index >= 15 is 0 Å². The first-order valence-corrected chi connectivity index (χ1v) is 8.58. The standard InChI is InChI=1S/C17H26N2O2/c1-16(2)12-13(16)15(21)19(14(12)20)11-6-9-18-17(10-11)7-4-3-5-8-17/h11-13,18H,3-10H2,1-2H3. The predicted octanol–water partition coefficient (Wildman–Crippen LogP) is 2.08. The van der Waals surface area contributed by atoms with Gasteiger partial charge in [-0.05, 0) is 37.6 Å². The van der Waals surface area contributed by atoms with Crippen LogP contribution in [0.5, 0.6) is 0 Å². The molecule has 2 aliphatic heterocycles. The third-order valence-corrected chi connectivity index (χ3v) is 6.61. The number of amides is 2. The lowest BCUT2D eigenvalue weighted by molar-refractivity contribution is -0.147. The molecule has 1 N–H and O–H groups in total. The van der Waals surface area contributed by atoms with E-state index in [1.54, 1.807) is 4.90 Å². The van der Waals surface area contributed by atoms with E-state index in [0.29, 0.717) is 0 Å². The van der Waals surface area contributed by atoms with E-state index in [1.807, 2.05) is 0 Å². The highest BCUT2D eigenvalue weighted by Gasteiger charge is 2.73. The fourth-order valence-corrected chi connectivity index (χ4v) is 5.29. The summed E-state index contributed by atoms with van der Waals surface area (Å²) < 4.78 is 0. The Morgan fingerprint density at radius 2 is 1.67 bits per heavy atom. The van der Waals surface area contributed by atoms with Gasteiger partial charge < -0.3 is 5.32 Å². The van der Waals surface area contributed by atoms with Gasteiger partial charge in [-0.1, -0.05) is 33.1 Å². The van der Waals surface area contributed by atoms with E-state index in [4.69, 9.17) is 0 Å². The van der Waals surface area contributed by atoms with Crippen LogP contribution in [0.1, 0.15) is 58.8 Å². The Morgan fingerprint density at radius 3 is 2.29 bits per heavy atom. The van der Waals surface area contributed by atoms with Crippen LogP contribution in [-0.4, -0.2) is 34.8 Å². The molecule has 116 valence electrons. The van der Waals surface area contributed by atoms with Gasteiger partial charge in [-0.2, -0.15) is 0 Å². The van der Waals surface area contributed by atoms with Crippen molar-refractivity contribution in [2.75, 3.05) is 6.54 Å². The zero-order valence-corrected chi connectivity index (χ0v) is 13.2. The predicted molar refractivity (Wildman–Crippen MR) is 79.5 cm³/mol. The van der Waals surface area contributed by atoms with Crippen molar-refractivity contribution in [3.05, 3.63) is 0 Å². The van der Waals surface area contributed by atoms with Gasteiger partial charge in [0.2, 0.25) is 11.8 Å². The van der Waals surface area contributed by atoms with Gasteiger partial charge in [0, 0.05) is 11.6 Å². The van der Waals surface area contributed by atoms with Crippen LogP contribution in [0.25, 0.3) is 0 Å². The topological polar surface area (TPSA) is 49.4 Å². The molecule has 2 aliphatic carbocycles. The summed E-state index contributed by atoms with van der Waals surface area (Å²) >= 11 is 0. The third-order valence-electron chi connectivity index (χ3n) is 6.61. The number of hydrogen-bond donors (Lipinski definition) is 1. The van der Waals surface area contributed by atoms with Crippen molar-refractivity contribution in [2.24, 2.45) is 17.3 Å². The summed E-state index contributed by atoms with van der Waals surface area (Å²) in [5, 5.41) is 3.71. The molecule has 3 atom stereocenters. The maximum atomic E-state index is 12.6. The SMILES string of the molecule is CC1(C)C2C(=O)N(C3CCNC4(CCCCC4)C3)C(=O)C21. The first kappa shape index (κ1) is 13.7. The molecule has 4 aliphatic rings. The van der Waals surface area contributed by atoms with Crippen LogP contribution in [0.4, 0.5) is 0 Å². The van der Waals surface area contributed by atoms with Gasteiger partial charge in [0.25, 0.3) is 0 Å². The molecule has 2 saturated carbocycles. The van der Waals surface area contributed by atoms with E-state index in [1.165, 1.54) is 32.1 Å². The van der Waals surface area contributed by atoms with Crippen LogP contribution in [-0.2, 0) is 9.59 Å². The molecule has 0 aromatic rings. The molecular weight excluding hydrogens is 264 g/mol. The number of piperidine rings is 2. The quantitative estimate of drug-likeness (QED) is 0.752. The van der Waals surface area contributed by atoms with Gasteiger partial charge in [0.1, 0.15) is 0 Å². The molecule has 4 nitrogen and oxygen atoms in total. The average molecular weight is 290 g/mol. The number of nitrogens with one attached hydrogen (secondary N) is 1. The highest BCUT2D eigenvalue weighted by Crippen LogP contribution is 2.63. The minimum atomic E-state index is -0.0832. The number of carbonyl (C=O) groups excluding carboxylic acids is 2. The molecule has 0 bridgehead atoms. The molecular formula is C17H26N2O2. The normalized spacial score (nSPS) is 40.5. The molecule has 0 aromatic carbocycles. The van der Waals surface area contributed by atoms with E-state index in [2.05, 4.69) is 19.2 Å². The highest BCUT2D eigenvalue weighted by molar-refractivity contribution is 6.10. The lowest BCUT2D eigenvalue weighted by Gasteiger charge is -2.46. The molecule has 21 heavy (non-hydrogen) atoms. The number of fused-ring (bicyclic) bond motifs is 1. The zero-order chi connectivity index (χ0) is 14.8. The number of nitrogens with zero attached hydrogens (tertiary/aromatic N) is 1. The lowest BCUT2D eigenvalue weighted by Crippen LogP contribution is -2.58. The molecule has 2 amide bonds. The summed E-state index contributed by atoms with van der Waals surface area (Å²) in [7, 11) is 0. The van der Waals surface area contributed by atoms with Crippen LogP contribution in [0.2, 0.25) is 0 Å². The molecule has 1 spiro atoms. The van der Waals surface area contributed by atoms with Crippen molar-refractivity contribution in [3.8, 4) is 0 Å². The summed E-state index contributed by atoms with van der Waals surface area (Å²) in [4.78, 5) is 26.9. The third kappa shape index (κ3) is 1.84. The zero-order valence-electron chi connectivity index (χ0n) is 13.2. The Morgan fingerprint density at radius 1 is 1.05 bits per heavy atom. The maximum Gasteiger partial charge on any atom is 0.233 e. The van der Waals surface area contributed by atoms with Crippen LogP contribution in [0, 0.1) is 17.3 Å². The van der Waals surface area contributed by atoms with Crippen LogP contribution >= 0.6 is 0 Å². The molecule has 4 heteroatoms. The maximum absolute atomic E-state index is 12.6. The van der Waals surface area contributed by atoms with Gasteiger partial charge in [0.05, 0.1) is 11.8 Å². The Bertz CT molecular complexity index is 464. The molecule has 4 rings (SSSR count). The molecule has 2 saturated heterocycles. The summed E-state index contributed by atoms with van der Waals surface area (Å²) in [5.41, 5.74) is 0.115. The first-order valence-electron chi connectivity index (χ1n) is 8.58. The fourth-order valence-electron chi connectivity index (χ4n) is 5.29. The van der Waals surface area contributed by atoms with Gasteiger partial charge >= 0.3 is 0 Å². The van der Waals surface area contributed by atoms with Crippen LogP contribution in [0.15, 0.2) is 0 Å². The Labute approximate surface area is 126 Å². The van der Waals surface area contributed by atoms with E-state index in [-0.39, 0.29) is 40.6 Å². The van der Waals surface area contributed by atoms with Gasteiger partial charge in [0.15, 0.2) is 0 Å². The van der Waals surface area contributed by atoms with Crippen LogP contribution in [0.3, 0.4) is 0 Å². The second-order valence-electron chi connectivity index (χ2n) is 8.24. The van der Waals surface area contributed by atoms with Crippen molar-refractivity contribution in [1.82, 2.24) is 10.2 Å². The lowest BCUT2D eigenvalue weighted by atomic mass is 9.74. The monoisotopic (exact) mass is 290 g/mol. The Balaban J connectivity index is 1.52. The molecule has 2 heterocycles. The molecule has 0 radical (unpaired) electrons. The number of hydrogen-bond acceptors (Lipinski definition) is 3. The fraction of sp³-hybridized carbons (Fsp3) is 0.882. The smallest absolute Gasteiger partial charge is 0.233 e. The van der Waals surface area contributed by atoms with E-state index < -0.39 is 0 Å². The molecule has 4 fully saturated rings. The van der Waals surface area contributed by atoms with Crippen molar-refractivity contribution in [1.29, 1.82) is 0 Å². The highest BCUT2D eigenvalue weighted by atomic mass is 16.2. The first-order chi connectivity index (χ1) is 9.96. The average Bonchev–Trinajstić information content (AvgIpc) is 2.90. The molecule has 0 aromatic heterocycles. The number of rotatable bonds is 1. The Hall–Kier alpha value is -0.900. The van der Waals surface area contributed by atoms with Gasteiger partial charge in [-0.25, -0.2) is 0 Å². The van der Waals surface area contributed by atoms with Gasteiger partial charge in [-0.3, -0.25) is 14.5 Å². The van der Waals surface area contributed by atoms with E-state index in [0.717, 1.165) is 19.4 Å². The minimum absolute atomic E-state index is 0.0257. The minimum Gasteiger partial charge on any atom is -0.311 e. The number of imide groups is 1. The largest absolute Gasteiger partial charge is 0.311 e. The van der Waals surface area contributed by atoms with Crippen molar-refractivity contribution < 1.29 is 9.59 Å². The second kappa shape index (κ2) is 4.31. The summed E-state index contributed by atoms with van der Waals surface area (Å²) in [6.45, 7) is 5.06.